The number of rotatable bonds is 8. The molecule has 29 heavy (non-hydrogen) atoms. The van der Waals surface area contributed by atoms with Crippen LogP contribution in [0.25, 0.3) is 0 Å². The number of nitrogens with one attached hydrogen (secondary N) is 2. The highest BCUT2D eigenvalue weighted by atomic mass is 32.2. The fourth-order valence-corrected chi connectivity index (χ4v) is 4.36. The molecule has 1 heterocycles. The van der Waals surface area contributed by atoms with E-state index < -0.39 is 10.0 Å². The van der Waals surface area contributed by atoms with Gasteiger partial charge in [-0.05, 0) is 48.9 Å². The molecule has 0 aliphatic carbocycles. The van der Waals surface area contributed by atoms with Crippen LogP contribution in [0, 0.1) is 0 Å². The van der Waals surface area contributed by atoms with Gasteiger partial charge in [0.05, 0.1) is 22.0 Å². The number of nitrogens with zero attached hydrogens (tertiary/aromatic N) is 1. The largest absolute Gasteiger partial charge is 0.325 e. The molecular weight excluding hydrogens is 406 g/mol. The summed E-state index contributed by atoms with van der Waals surface area (Å²) >= 11 is 1.54. The van der Waals surface area contributed by atoms with Gasteiger partial charge in [-0.1, -0.05) is 30.3 Å². The maximum Gasteiger partial charge on any atom is 0.261 e. The molecule has 150 valence electrons. The van der Waals surface area contributed by atoms with Crippen LogP contribution in [0.2, 0.25) is 0 Å². The molecule has 3 aromatic rings. The van der Waals surface area contributed by atoms with Crippen LogP contribution in [-0.2, 0) is 20.6 Å². The molecule has 1 amide bonds. The van der Waals surface area contributed by atoms with Gasteiger partial charge in [0, 0.05) is 17.6 Å². The molecule has 1 unspecified atom stereocenters. The van der Waals surface area contributed by atoms with Gasteiger partial charge in [-0.2, -0.15) is 0 Å². The van der Waals surface area contributed by atoms with E-state index >= 15 is 0 Å². The van der Waals surface area contributed by atoms with E-state index in [0.29, 0.717) is 11.4 Å². The van der Waals surface area contributed by atoms with Gasteiger partial charge in [0.1, 0.15) is 0 Å². The maximum atomic E-state index is 12.4. The van der Waals surface area contributed by atoms with Gasteiger partial charge in [0.15, 0.2) is 0 Å². The summed E-state index contributed by atoms with van der Waals surface area (Å²) in [5.74, 6) is 0.613. The van der Waals surface area contributed by atoms with Crippen LogP contribution >= 0.6 is 11.8 Å². The standard InChI is InChI=1S/C21H21N3O3S2/c1-16(28-15-17-6-3-2-4-7-17)21(25)23-18-9-11-20(12-10-18)29(26,27)24-19-8-5-13-22-14-19/h2-14,16,24H,15H2,1H3,(H,23,25). The first kappa shape index (κ1) is 20.9. The van der Waals surface area contributed by atoms with Gasteiger partial charge in [-0.15, -0.1) is 11.8 Å². The number of thioether (sulfide) groups is 1. The minimum atomic E-state index is -3.72. The second kappa shape index (κ2) is 9.58. The summed E-state index contributed by atoms with van der Waals surface area (Å²) in [6.07, 6.45) is 3.00. The molecule has 0 radical (unpaired) electrons. The predicted molar refractivity (Wildman–Crippen MR) is 117 cm³/mol. The molecular formula is C21H21N3O3S2. The molecule has 0 spiro atoms. The van der Waals surface area contributed by atoms with Crippen molar-refractivity contribution >= 4 is 39.1 Å². The van der Waals surface area contributed by atoms with Gasteiger partial charge in [-0.25, -0.2) is 8.42 Å². The summed E-state index contributed by atoms with van der Waals surface area (Å²) in [5.41, 5.74) is 2.09. The minimum absolute atomic E-state index is 0.103. The summed E-state index contributed by atoms with van der Waals surface area (Å²) in [4.78, 5) is 16.4. The number of aromatic nitrogens is 1. The van der Waals surface area contributed by atoms with Crippen molar-refractivity contribution in [1.82, 2.24) is 4.98 Å². The van der Waals surface area contributed by atoms with Crippen LogP contribution < -0.4 is 10.0 Å². The summed E-state index contributed by atoms with van der Waals surface area (Å²) in [7, 11) is -3.72. The molecule has 0 saturated heterocycles. The molecule has 3 rings (SSSR count). The number of pyridine rings is 1. The SMILES string of the molecule is CC(SCc1ccccc1)C(=O)Nc1ccc(S(=O)(=O)Nc2cccnc2)cc1. The van der Waals surface area contributed by atoms with Crippen molar-refractivity contribution < 1.29 is 13.2 Å². The van der Waals surface area contributed by atoms with Crippen LogP contribution in [-0.4, -0.2) is 24.6 Å². The lowest BCUT2D eigenvalue weighted by atomic mass is 10.2. The molecule has 0 bridgehead atoms. The van der Waals surface area contributed by atoms with E-state index in [9.17, 15) is 13.2 Å². The molecule has 8 heteroatoms. The topological polar surface area (TPSA) is 88.2 Å². The normalized spacial score (nSPS) is 12.2. The summed E-state index contributed by atoms with van der Waals surface area (Å²) in [5, 5.41) is 2.58. The van der Waals surface area contributed by atoms with E-state index in [-0.39, 0.29) is 16.1 Å². The molecule has 0 aliphatic heterocycles. The van der Waals surface area contributed by atoms with Crippen LogP contribution in [0.5, 0.6) is 0 Å². The Morgan fingerprint density at radius 2 is 1.72 bits per heavy atom. The number of sulfonamides is 1. The number of hydrogen-bond acceptors (Lipinski definition) is 5. The Morgan fingerprint density at radius 1 is 1.00 bits per heavy atom. The number of anilines is 2. The fraction of sp³-hybridized carbons (Fsp3) is 0.143. The predicted octanol–water partition coefficient (Wildman–Crippen LogP) is 4.14. The number of benzene rings is 2. The summed E-state index contributed by atoms with van der Waals surface area (Å²) in [6, 6.07) is 19.3. The molecule has 1 aromatic heterocycles. The van der Waals surface area contributed by atoms with Crippen molar-refractivity contribution in [3.05, 3.63) is 84.7 Å². The molecule has 2 N–H and O–H groups in total. The lowest BCUT2D eigenvalue weighted by molar-refractivity contribution is -0.115. The zero-order valence-electron chi connectivity index (χ0n) is 15.8. The first-order chi connectivity index (χ1) is 13.9. The van der Waals surface area contributed by atoms with E-state index in [4.69, 9.17) is 0 Å². The maximum absolute atomic E-state index is 12.4. The van der Waals surface area contributed by atoms with Crippen LogP contribution in [0.4, 0.5) is 11.4 Å². The van der Waals surface area contributed by atoms with Crippen LogP contribution in [0.3, 0.4) is 0 Å². The van der Waals surface area contributed by atoms with E-state index in [1.54, 1.807) is 42.2 Å². The highest BCUT2D eigenvalue weighted by Crippen LogP contribution is 2.21. The van der Waals surface area contributed by atoms with E-state index in [2.05, 4.69) is 15.0 Å². The number of carbonyl (C=O) groups excluding carboxylic acids is 1. The summed E-state index contributed by atoms with van der Waals surface area (Å²) < 4.78 is 27.3. The van der Waals surface area contributed by atoms with Crippen molar-refractivity contribution in [2.75, 3.05) is 10.0 Å². The van der Waals surface area contributed by atoms with E-state index in [0.717, 1.165) is 11.3 Å². The second-order valence-electron chi connectivity index (χ2n) is 6.30. The Morgan fingerprint density at radius 3 is 2.38 bits per heavy atom. The van der Waals surface area contributed by atoms with Gasteiger partial charge >= 0.3 is 0 Å². The van der Waals surface area contributed by atoms with Crippen molar-refractivity contribution in [3.8, 4) is 0 Å². The molecule has 2 aromatic carbocycles. The first-order valence-electron chi connectivity index (χ1n) is 8.93. The highest BCUT2D eigenvalue weighted by molar-refractivity contribution is 7.99. The Bertz CT molecular complexity index is 1040. The lowest BCUT2D eigenvalue weighted by Crippen LogP contribution is -2.22. The van der Waals surface area contributed by atoms with Gasteiger partial charge in [0.25, 0.3) is 10.0 Å². The first-order valence-corrected chi connectivity index (χ1v) is 11.5. The second-order valence-corrected chi connectivity index (χ2v) is 9.31. The third-order valence-corrected chi connectivity index (χ3v) is 6.67. The Kier molecular flexibility index (Phi) is 6.90. The third kappa shape index (κ3) is 6.07. The van der Waals surface area contributed by atoms with Crippen molar-refractivity contribution in [3.63, 3.8) is 0 Å². The van der Waals surface area contributed by atoms with Gasteiger partial charge < -0.3 is 5.32 Å². The molecule has 0 saturated carbocycles. The smallest absolute Gasteiger partial charge is 0.261 e. The molecule has 1 atom stereocenters. The van der Waals surface area contributed by atoms with Crippen LogP contribution in [0.1, 0.15) is 12.5 Å². The van der Waals surface area contributed by atoms with Gasteiger partial charge in [0.2, 0.25) is 5.91 Å². The molecule has 6 nitrogen and oxygen atoms in total. The summed E-state index contributed by atoms with van der Waals surface area (Å²) in [6.45, 7) is 1.85. The number of hydrogen-bond donors (Lipinski definition) is 2. The molecule has 0 fully saturated rings. The lowest BCUT2D eigenvalue weighted by Gasteiger charge is -2.13. The Labute approximate surface area is 174 Å². The van der Waals surface area contributed by atoms with E-state index in [1.807, 2.05) is 37.3 Å². The fourth-order valence-electron chi connectivity index (χ4n) is 2.47. The van der Waals surface area contributed by atoms with Crippen LogP contribution in [0.15, 0.2) is 84.0 Å². The molecule has 0 aliphatic rings. The highest BCUT2D eigenvalue weighted by Gasteiger charge is 2.16. The van der Waals surface area contributed by atoms with Crippen molar-refractivity contribution in [2.24, 2.45) is 0 Å². The average molecular weight is 428 g/mol. The third-order valence-electron chi connectivity index (χ3n) is 4.06. The Balaban J connectivity index is 1.57. The number of amides is 1. The van der Waals surface area contributed by atoms with Crippen molar-refractivity contribution in [1.29, 1.82) is 0 Å². The Hall–Kier alpha value is -2.84. The quantitative estimate of drug-likeness (QED) is 0.564. The van der Waals surface area contributed by atoms with Gasteiger partial charge in [-0.3, -0.25) is 14.5 Å². The van der Waals surface area contributed by atoms with E-state index in [1.165, 1.54) is 18.3 Å². The number of carbonyl (C=O) groups is 1. The van der Waals surface area contributed by atoms with Crippen molar-refractivity contribution in [2.45, 2.75) is 22.8 Å². The minimum Gasteiger partial charge on any atom is -0.325 e. The zero-order chi connectivity index (χ0) is 20.7. The zero-order valence-corrected chi connectivity index (χ0v) is 17.4. The monoisotopic (exact) mass is 427 g/mol. The average Bonchev–Trinajstić information content (AvgIpc) is 2.73.